The van der Waals surface area contributed by atoms with Gasteiger partial charge in [-0.2, -0.15) is 0 Å². The third-order valence-electron chi connectivity index (χ3n) is 7.00. The van der Waals surface area contributed by atoms with Crippen LogP contribution in [0.4, 0.5) is 0 Å². The van der Waals surface area contributed by atoms with Crippen molar-refractivity contribution >= 4 is 26.3 Å². The van der Waals surface area contributed by atoms with Gasteiger partial charge in [0.2, 0.25) is 0 Å². The van der Waals surface area contributed by atoms with E-state index in [2.05, 4.69) is 27.4 Å². The molecule has 24 heavy (non-hydrogen) atoms. The van der Waals surface area contributed by atoms with Crippen LogP contribution >= 0.6 is 9.24 Å². The summed E-state index contributed by atoms with van der Waals surface area (Å²) in [6, 6.07) is 6.43. The number of carbonyl (C=O) groups excluding carboxylic acids is 1. The zero-order chi connectivity index (χ0) is 17.3. The van der Waals surface area contributed by atoms with Crippen molar-refractivity contribution in [3.05, 3.63) is 29.3 Å². The number of ketones is 1. The molecule has 0 bridgehead atoms. The number of rotatable bonds is 1. The zero-order valence-corrected chi connectivity index (χ0v) is 15.1. The highest BCUT2D eigenvalue weighted by Gasteiger charge is 2.65. The lowest BCUT2D eigenvalue weighted by Gasteiger charge is -2.56. The van der Waals surface area contributed by atoms with Crippen LogP contribution in [0.5, 0.6) is 0 Å². The summed E-state index contributed by atoms with van der Waals surface area (Å²) in [4.78, 5) is 24.5. The highest BCUT2D eigenvalue weighted by atomic mass is 31.0. The van der Waals surface area contributed by atoms with E-state index in [4.69, 9.17) is 5.73 Å². The molecule has 3 aliphatic carbocycles. The molecule has 3 N–H and O–H groups in total. The van der Waals surface area contributed by atoms with Crippen LogP contribution in [0.2, 0.25) is 0 Å². The summed E-state index contributed by atoms with van der Waals surface area (Å²) < 4.78 is 0. The van der Waals surface area contributed by atoms with Gasteiger partial charge in [-0.1, -0.05) is 25.1 Å². The molecule has 0 amide bonds. The minimum atomic E-state index is -0.867. The van der Waals surface area contributed by atoms with E-state index in [0.717, 1.165) is 25.7 Å². The van der Waals surface area contributed by atoms with E-state index in [1.807, 2.05) is 6.92 Å². The van der Waals surface area contributed by atoms with Gasteiger partial charge in [0, 0.05) is 29.2 Å². The number of carboxylic acids is 1. The third kappa shape index (κ3) is 1.99. The molecule has 128 valence electrons. The first kappa shape index (κ1) is 16.2. The third-order valence-corrected chi connectivity index (χ3v) is 7.36. The molecule has 3 aliphatic rings. The van der Waals surface area contributed by atoms with Gasteiger partial charge in [-0.3, -0.25) is 9.59 Å². The Balaban J connectivity index is 1.84. The van der Waals surface area contributed by atoms with Gasteiger partial charge in [0.25, 0.3) is 0 Å². The lowest BCUT2D eigenvalue weighted by molar-refractivity contribution is -0.146. The highest BCUT2D eigenvalue weighted by Crippen LogP contribution is 2.62. The Hall–Kier alpha value is -1.25. The van der Waals surface area contributed by atoms with Crippen molar-refractivity contribution in [1.82, 2.24) is 0 Å². The number of hydrogen-bond acceptors (Lipinski definition) is 3. The molecule has 0 heterocycles. The number of benzene rings is 1. The first-order chi connectivity index (χ1) is 11.3. The summed E-state index contributed by atoms with van der Waals surface area (Å²) in [5, 5.41) is 10.9. The summed E-state index contributed by atoms with van der Waals surface area (Å²) in [7, 11) is 2.73. The number of Topliss-reactive ketones (excluding diaryl/α,β-unsaturated/α-hetero) is 1. The van der Waals surface area contributed by atoms with Gasteiger partial charge >= 0.3 is 5.97 Å². The fourth-order valence-electron chi connectivity index (χ4n) is 5.90. The summed E-state index contributed by atoms with van der Waals surface area (Å²) in [5.74, 6) is -1.53. The van der Waals surface area contributed by atoms with Crippen molar-refractivity contribution in [2.24, 2.45) is 23.0 Å². The van der Waals surface area contributed by atoms with Crippen LogP contribution in [-0.2, 0) is 16.0 Å². The maximum Gasteiger partial charge on any atom is 0.307 e. The molecule has 6 unspecified atom stereocenters. The first-order valence-electron chi connectivity index (χ1n) is 8.70. The maximum atomic E-state index is 12.6. The van der Waals surface area contributed by atoms with Crippen LogP contribution in [0.3, 0.4) is 0 Å². The highest BCUT2D eigenvalue weighted by molar-refractivity contribution is 7.27. The second-order valence-electron chi connectivity index (χ2n) is 8.13. The summed E-state index contributed by atoms with van der Waals surface area (Å²) >= 11 is 0. The molecule has 2 saturated carbocycles. The van der Waals surface area contributed by atoms with Gasteiger partial charge in [-0.15, -0.1) is 9.24 Å². The molecule has 0 aliphatic heterocycles. The summed E-state index contributed by atoms with van der Waals surface area (Å²) in [6.45, 7) is 1.95. The van der Waals surface area contributed by atoms with E-state index in [1.165, 1.54) is 16.4 Å². The van der Waals surface area contributed by atoms with Crippen molar-refractivity contribution in [2.45, 2.75) is 50.5 Å². The van der Waals surface area contributed by atoms with E-state index in [-0.39, 0.29) is 24.0 Å². The van der Waals surface area contributed by atoms with Crippen LogP contribution in [-0.4, -0.2) is 22.4 Å². The van der Waals surface area contributed by atoms with Crippen molar-refractivity contribution in [3.8, 4) is 0 Å². The second-order valence-corrected chi connectivity index (χ2v) is 8.80. The Morgan fingerprint density at radius 1 is 1.38 bits per heavy atom. The number of carboxylic acid groups (broad SMARTS) is 1. The number of aliphatic carboxylic acids is 1. The van der Waals surface area contributed by atoms with Gasteiger partial charge in [0.05, 0.1) is 5.92 Å². The Labute approximate surface area is 144 Å². The average Bonchev–Trinajstić information content (AvgIpc) is 2.80. The van der Waals surface area contributed by atoms with Gasteiger partial charge < -0.3 is 10.8 Å². The van der Waals surface area contributed by atoms with Crippen LogP contribution in [0.15, 0.2) is 18.2 Å². The normalized spacial score (nSPS) is 40.6. The van der Waals surface area contributed by atoms with Crippen molar-refractivity contribution in [1.29, 1.82) is 0 Å². The number of fused-ring (bicyclic) bond motifs is 5. The molecule has 4 rings (SSSR count). The van der Waals surface area contributed by atoms with Crippen LogP contribution in [0, 0.1) is 17.3 Å². The standard InChI is InChI=1S/C19H24NO3P/c1-18-6-5-14-12-3-2-11(24)8-10(12)4-7-19(14,20)16(18)13(17(22)23)9-15(18)21/h2-3,8,13-14,16H,4-7,9,20,24H2,1H3,(H,22,23). The molecule has 5 heteroatoms. The van der Waals surface area contributed by atoms with Crippen molar-refractivity contribution in [2.75, 3.05) is 0 Å². The molecule has 0 radical (unpaired) electrons. The quantitative estimate of drug-likeness (QED) is 0.763. The molecular weight excluding hydrogens is 321 g/mol. The number of aryl methyl sites for hydroxylation is 1. The molecule has 4 nitrogen and oxygen atoms in total. The molecule has 1 aromatic rings. The maximum absolute atomic E-state index is 12.6. The lowest BCUT2D eigenvalue weighted by Crippen LogP contribution is -2.63. The minimum absolute atomic E-state index is 0.0919. The minimum Gasteiger partial charge on any atom is -0.481 e. The fraction of sp³-hybridized carbons (Fsp3) is 0.579. The fourth-order valence-corrected chi connectivity index (χ4v) is 6.20. The predicted molar refractivity (Wildman–Crippen MR) is 95.3 cm³/mol. The van der Waals surface area contributed by atoms with Crippen molar-refractivity contribution < 1.29 is 14.7 Å². The van der Waals surface area contributed by atoms with E-state index in [9.17, 15) is 14.7 Å². The van der Waals surface area contributed by atoms with Gasteiger partial charge in [-0.25, -0.2) is 0 Å². The Bertz CT molecular complexity index is 748. The first-order valence-corrected chi connectivity index (χ1v) is 9.28. The Morgan fingerprint density at radius 3 is 2.83 bits per heavy atom. The molecular formula is C19H24NO3P. The SMILES string of the molecule is CC12CCC3c4ccc(P)cc4CCC3(N)C1C(C(=O)O)CC2=O. The van der Waals surface area contributed by atoms with Crippen molar-refractivity contribution in [3.63, 3.8) is 0 Å². The summed E-state index contributed by atoms with van der Waals surface area (Å²) in [6.07, 6.45) is 3.37. The summed E-state index contributed by atoms with van der Waals surface area (Å²) in [5.41, 5.74) is 8.37. The Kier molecular flexibility index (Phi) is 3.47. The number of hydrogen-bond donors (Lipinski definition) is 2. The van der Waals surface area contributed by atoms with E-state index < -0.39 is 22.8 Å². The predicted octanol–water partition coefficient (Wildman–Crippen LogP) is 2.00. The van der Waals surface area contributed by atoms with Crippen LogP contribution in [0.1, 0.15) is 49.7 Å². The monoisotopic (exact) mass is 345 g/mol. The number of carbonyl (C=O) groups is 2. The van der Waals surface area contributed by atoms with Gasteiger partial charge in [0.15, 0.2) is 0 Å². The topological polar surface area (TPSA) is 80.4 Å². The van der Waals surface area contributed by atoms with Gasteiger partial charge in [-0.05, 0) is 42.1 Å². The second kappa shape index (κ2) is 5.12. The van der Waals surface area contributed by atoms with Crippen LogP contribution < -0.4 is 11.0 Å². The molecule has 6 atom stereocenters. The smallest absolute Gasteiger partial charge is 0.307 e. The molecule has 0 saturated heterocycles. The molecule has 1 aromatic carbocycles. The zero-order valence-electron chi connectivity index (χ0n) is 13.9. The van der Waals surface area contributed by atoms with E-state index in [0.29, 0.717) is 0 Å². The van der Waals surface area contributed by atoms with Crippen LogP contribution in [0.25, 0.3) is 0 Å². The van der Waals surface area contributed by atoms with Gasteiger partial charge in [0.1, 0.15) is 5.78 Å². The molecule has 2 fully saturated rings. The largest absolute Gasteiger partial charge is 0.481 e. The average molecular weight is 345 g/mol. The Morgan fingerprint density at radius 2 is 2.12 bits per heavy atom. The lowest BCUT2D eigenvalue weighted by atomic mass is 9.50. The van der Waals surface area contributed by atoms with E-state index >= 15 is 0 Å². The number of nitrogens with two attached hydrogens (primary N) is 1. The molecule has 0 aromatic heterocycles. The molecule has 0 spiro atoms. The van der Waals surface area contributed by atoms with E-state index in [1.54, 1.807) is 0 Å².